The van der Waals surface area contributed by atoms with Crippen molar-refractivity contribution >= 4 is 46.4 Å². The number of likely N-dealkylation sites (N-methyl/N-ethyl adjacent to an activating group) is 1. The van der Waals surface area contributed by atoms with Crippen LogP contribution in [0.25, 0.3) is 0 Å². The van der Waals surface area contributed by atoms with Crippen LogP contribution in [-0.4, -0.2) is 30.9 Å². The minimum atomic E-state index is -0.821. The molecule has 2 N–H and O–H groups in total. The van der Waals surface area contributed by atoms with Gasteiger partial charge >= 0.3 is 0 Å². The van der Waals surface area contributed by atoms with E-state index in [1.54, 1.807) is 26.0 Å². The molecule has 0 aliphatic carbocycles. The summed E-state index contributed by atoms with van der Waals surface area (Å²) in [6.07, 6.45) is 0. The number of amides is 2. The Balaban J connectivity index is 2.52. The van der Waals surface area contributed by atoms with Crippen LogP contribution in [0, 0.1) is 0 Å². The van der Waals surface area contributed by atoms with Gasteiger partial charge in [0.2, 0.25) is 5.91 Å². The lowest BCUT2D eigenvalue weighted by Gasteiger charge is -2.39. The SMILES string of the molecule is CNC(=O)CN1C(=O)C(C)(C)Nc2cc(Cl)c(Cl)cc21. The van der Waals surface area contributed by atoms with Gasteiger partial charge in [0.15, 0.2) is 0 Å². The first-order valence-corrected chi connectivity index (χ1v) is 6.81. The average molecular weight is 316 g/mol. The second kappa shape index (κ2) is 5.14. The van der Waals surface area contributed by atoms with Gasteiger partial charge in [-0.1, -0.05) is 23.2 Å². The molecule has 0 radical (unpaired) electrons. The number of hydrogen-bond donors (Lipinski definition) is 2. The zero-order chi connectivity index (χ0) is 15.1. The topological polar surface area (TPSA) is 61.4 Å². The van der Waals surface area contributed by atoms with Crippen LogP contribution in [0.4, 0.5) is 11.4 Å². The summed E-state index contributed by atoms with van der Waals surface area (Å²) in [4.78, 5) is 25.5. The number of benzene rings is 1. The molecule has 108 valence electrons. The van der Waals surface area contributed by atoms with Crippen LogP contribution in [0.1, 0.15) is 13.8 Å². The van der Waals surface area contributed by atoms with E-state index in [1.165, 1.54) is 11.9 Å². The number of nitrogens with one attached hydrogen (secondary N) is 2. The molecule has 0 aromatic heterocycles. The maximum Gasteiger partial charge on any atom is 0.252 e. The van der Waals surface area contributed by atoms with Crippen LogP contribution in [0.5, 0.6) is 0 Å². The third kappa shape index (κ3) is 2.55. The highest BCUT2D eigenvalue weighted by atomic mass is 35.5. The predicted octanol–water partition coefficient (Wildman–Crippen LogP) is 2.28. The summed E-state index contributed by atoms with van der Waals surface area (Å²) in [6, 6.07) is 3.24. The van der Waals surface area contributed by atoms with E-state index >= 15 is 0 Å². The number of rotatable bonds is 2. The fourth-order valence-electron chi connectivity index (χ4n) is 2.08. The highest BCUT2D eigenvalue weighted by Crippen LogP contribution is 2.40. The highest BCUT2D eigenvalue weighted by Gasteiger charge is 2.39. The van der Waals surface area contributed by atoms with Gasteiger partial charge in [0.05, 0.1) is 21.4 Å². The molecule has 0 atom stereocenters. The Hall–Kier alpha value is -1.46. The van der Waals surface area contributed by atoms with Crippen molar-refractivity contribution in [2.45, 2.75) is 19.4 Å². The van der Waals surface area contributed by atoms with Crippen LogP contribution in [-0.2, 0) is 9.59 Å². The first-order chi connectivity index (χ1) is 9.26. The van der Waals surface area contributed by atoms with Gasteiger partial charge in [-0.3, -0.25) is 14.5 Å². The van der Waals surface area contributed by atoms with E-state index in [0.29, 0.717) is 21.4 Å². The van der Waals surface area contributed by atoms with Crippen molar-refractivity contribution in [2.75, 3.05) is 23.8 Å². The van der Waals surface area contributed by atoms with Crippen LogP contribution in [0.15, 0.2) is 12.1 Å². The maximum absolute atomic E-state index is 12.5. The molecule has 0 unspecified atom stereocenters. The van der Waals surface area contributed by atoms with Gasteiger partial charge in [0, 0.05) is 7.05 Å². The Labute approximate surface area is 127 Å². The molecule has 0 fully saturated rings. The van der Waals surface area contributed by atoms with Crippen LogP contribution < -0.4 is 15.5 Å². The molecular formula is C13H15Cl2N3O2. The number of carbonyl (C=O) groups is 2. The van der Waals surface area contributed by atoms with Crippen molar-refractivity contribution in [1.29, 1.82) is 0 Å². The molecule has 0 saturated heterocycles. The molecule has 0 spiro atoms. The first-order valence-electron chi connectivity index (χ1n) is 6.06. The molecule has 1 aromatic rings. The van der Waals surface area contributed by atoms with Gasteiger partial charge in [0.25, 0.3) is 5.91 Å². The summed E-state index contributed by atoms with van der Waals surface area (Å²) in [5, 5.41) is 6.34. The predicted molar refractivity (Wildman–Crippen MR) is 80.6 cm³/mol. The smallest absolute Gasteiger partial charge is 0.252 e. The molecule has 0 bridgehead atoms. The Bertz CT molecular complexity index is 587. The molecule has 2 rings (SSSR count). The summed E-state index contributed by atoms with van der Waals surface area (Å²) in [7, 11) is 1.52. The summed E-state index contributed by atoms with van der Waals surface area (Å²) in [5.74, 6) is -0.458. The van der Waals surface area contributed by atoms with Crippen LogP contribution >= 0.6 is 23.2 Å². The second-order valence-corrected chi connectivity index (χ2v) is 5.91. The lowest BCUT2D eigenvalue weighted by molar-refractivity contribution is -0.125. The van der Waals surface area contributed by atoms with Crippen molar-refractivity contribution in [3.05, 3.63) is 22.2 Å². The fraction of sp³-hybridized carbons (Fsp3) is 0.385. The number of hydrogen-bond acceptors (Lipinski definition) is 3. The third-order valence-corrected chi connectivity index (χ3v) is 3.86. The van der Waals surface area contributed by atoms with Gasteiger partial charge < -0.3 is 10.6 Å². The molecule has 2 amide bonds. The summed E-state index contributed by atoms with van der Waals surface area (Å²) < 4.78 is 0. The Kier molecular flexibility index (Phi) is 3.84. The largest absolute Gasteiger partial charge is 0.370 e. The molecular weight excluding hydrogens is 301 g/mol. The standard InChI is InChI=1S/C13H15Cl2N3O2/c1-13(2)12(20)18(6-11(19)16-3)10-5-8(15)7(14)4-9(10)17-13/h4-5,17H,6H2,1-3H3,(H,16,19). The molecule has 1 heterocycles. The molecule has 5 nitrogen and oxygen atoms in total. The van der Waals surface area contributed by atoms with E-state index in [1.807, 2.05) is 0 Å². The summed E-state index contributed by atoms with van der Waals surface area (Å²) >= 11 is 12.0. The quantitative estimate of drug-likeness (QED) is 0.880. The first kappa shape index (κ1) is 14.9. The van der Waals surface area contributed by atoms with E-state index in [4.69, 9.17) is 23.2 Å². The molecule has 1 aromatic carbocycles. The molecule has 0 saturated carbocycles. The average Bonchev–Trinajstić information content (AvgIpc) is 2.37. The van der Waals surface area contributed by atoms with Gasteiger partial charge in [-0.2, -0.15) is 0 Å². The Morgan fingerprint density at radius 3 is 2.55 bits per heavy atom. The van der Waals surface area contributed by atoms with Gasteiger partial charge in [-0.25, -0.2) is 0 Å². The number of halogens is 2. The number of nitrogens with zero attached hydrogens (tertiary/aromatic N) is 1. The van der Waals surface area contributed by atoms with E-state index in [-0.39, 0.29) is 18.4 Å². The summed E-state index contributed by atoms with van der Waals surface area (Å²) in [5.41, 5.74) is 0.401. The highest BCUT2D eigenvalue weighted by molar-refractivity contribution is 6.42. The molecule has 1 aliphatic heterocycles. The number of anilines is 2. The molecule has 7 heteroatoms. The van der Waals surface area contributed by atoms with Crippen LogP contribution in [0.3, 0.4) is 0 Å². The van der Waals surface area contributed by atoms with Gasteiger partial charge in [-0.05, 0) is 26.0 Å². The van der Waals surface area contributed by atoms with Crippen molar-refractivity contribution < 1.29 is 9.59 Å². The third-order valence-electron chi connectivity index (χ3n) is 3.14. The van der Waals surface area contributed by atoms with Crippen molar-refractivity contribution in [2.24, 2.45) is 0 Å². The zero-order valence-electron chi connectivity index (χ0n) is 11.4. The summed E-state index contributed by atoms with van der Waals surface area (Å²) in [6.45, 7) is 3.43. The van der Waals surface area contributed by atoms with E-state index in [0.717, 1.165) is 0 Å². The lowest BCUT2D eigenvalue weighted by atomic mass is 9.98. The Morgan fingerprint density at radius 1 is 1.35 bits per heavy atom. The minimum absolute atomic E-state index is 0.0641. The zero-order valence-corrected chi connectivity index (χ0v) is 12.9. The van der Waals surface area contributed by atoms with Gasteiger partial charge in [0.1, 0.15) is 12.1 Å². The normalized spacial score (nSPS) is 16.4. The monoisotopic (exact) mass is 315 g/mol. The second-order valence-electron chi connectivity index (χ2n) is 5.10. The lowest BCUT2D eigenvalue weighted by Crippen LogP contribution is -2.56. The van der Waals surface area contributed by atoms with Crippen LogP contribution in [0.2, 0.25) is 10.0 Å². The van der Waals surface area contributed by atoms with Crippen molar-refractivity contribution in [3.8, 4) is 0 Å². The van der Waals surface area contributed by atoms with Gasteiger partial charge in [-0.15, -0.1) is 0 Å². The van der Waals surface area contributed by atoms with Crippen molar-refractivity contribution in [3.63, 3.8) is 0 Å². The number of fused-ring (bicyclic) bond motifs is 1. The van der Waals surface area contributed by atoms with E-state index in [9.17, 15) is 9.59 Å². The number of carbonyl (C=O) groups excluding carboxylic acids is 2. The fourth-order valence-corrected chi connectivity index (χ4v) is 2.40. The minimum Gasteiger partial charge on any atom is -0.370 e. The maximum atomic E-state index is 12.5. The van der Waals surface area contributed by atoms with Crippen molar-refractivity contribution in [1.82, 2.24) is 5.32 Å². The van der Waals surface area contributed by atoms with E-state index in [2.05, 4.69) is 10.6 Å². The molecule has 1 aliphatic rings. The Morgan fingerprint density at radius 2 is 1.95 bits per heavy atom. The van der Waals surface area contributed by atoms with E-state index < -0.39 is 5.54 Å². The molecule has 20 heavy (non-hydrogen) atoms.